The molecule has 0 spiro atoms. The van der Waals surface area contributed by atoms with Gasteiger partial charge >= 0.3 is 0 Å². The van der Waals surface area contributed by atoms with Crippen molar-refractivity contribution in [2.45, 2.75) is 33.6 Å². The number of anilines is 1. The Balaban J connectivity index is 1.54. The van der Waals surface area contributed by atoms with Crippen molar-refractivity contribution >= 4 is 11.6 Å². The first-order chi connectivity index (χ1) is 14.6. The molecule has 0 aliphatic rings. The van der Waals surface area contributed by atoms with Gasteiger partial charge in [-0.05, 0) is 67.3 Å². The van der Waals surface area contributed by atoms with E-state index in [0.717, 1.165) is 35.4 Å². The van der Waals surface area contributed by atoms with Crippen LogP contribution in [0.5, 0.6) is 11.5 Å². The molecule has 0 unspecified atom stereocenters. The van der Waals surface area contributed by atoms with Crippen molar-refractivity contribution in [2.75, 3.05) is 18.5 Å². The molecule has 156 valence electrons. The third kappa shape index (κ3) is 5.63. The van der Waals surface area contributed by atoms with E-state index in [2.05, 4.69) is 31.3 Å². The van der Waals surface area contributed by atoms with E-state index in [-0.39, 0.29) is 5.91 Å². The van der Waals surface area contributed by atoms with Crippen LogP contribution in [-0.4, -0.2) is 19.1 Å². The lowest BCUT2D eigenvalue weighted by atomic mass is 10.0. The Morgan fingerprint density at radius 3 is 1.77 bits per heavy atom. The van der Waals surface area contributed by atoms with Gasteiger partial charge in [-0.3, -0.25) is 4.79 Å². The van der Waals surface area contributed by atoms with Gasteiger partial charge in [0, 0.05) is 11.3 Å². The number of carbonyl (C=O) groups is 1. The fraction of sp³-hybridized carbons (Fsp3) is 0.269. The summed E-state index contributed by atoms with van der Waals surface area (Å²) in [5.41, 5.74) is 5.03. The third-order valence-electron chi connectivity index (χ3n) is 5.00. The van der Waals surface area contributed by atoms with Crippen LogP contribution in [0.2, 0.25) is 0 Å². The maximum Gasteiger partial charge on any atom is 0.255 e. The quantitative estimate of drug-likeness (QED) is 0.457. The van der Waals surface area contributed by atoms with Crippen molar-refractivity contribution in [1.29, 1.82) is 0 Å². The first-order valence-electron chi connectivity index (χ1n) is 10.4. The zero-order valence-corrected chi connectivity index (χ0v) is 17.9. The minimum atomic E-state index is -0.111. The van der Waals surface area contributed by atoms with E-state index in [4.69, 9.17) is 9.47 Å². The molecule has 30 heavy (non-hydrogen) atoms. The second kappa shape index (κ2) is 10.5. The molecule has 0 atom stereocenters. The summed E-state index contributed by atoms with van der Waals surface area (Å²) in [5.74, 6) is 1.43. The topological polar surface area (TPSA) is 47.6 Å². The second-order valence-corrected chi connectivity index (χ2v) is 7.15. The smallest absolute Gasteiger partial charge is 0.255 e. The maximum atomic E-state index is 12.7. The molecule has 0 heterocycles. The van der Waals surface area contributed by atoms with Crippen LogP contribution in [0.3, 0.4) is 0 Å². The molecule has 0 aliphatic heterocycles. The highest BCUT2D eigenvalue weighted by molar-refractivity contribution is 6.05. The van der Waals surface area contributed by atoms with E-state index < -0.39 is 0 Å². The van der Waals surface area contributed by atoms with Crippen LogP contribution in [0, 0.1) is 6.92 Å². The van der Waals surface area contributed by atoms with E-state index >= 15 is 0 Å². The van der Waals surface area contributed by atoms with Crippen LogP contribution in [0.1, 0.15) is 40.9 Å². The molecule has 4 heteroatoms. The first kappa shape index (κ1) is 21.4. The van der Waals surface area contributed by atoms with Gasteiger partial charge in [-0.15, -0.1) is 0 Å². The fourth-order valence-electron chi connectivity index (χ4n) is 3.24. The van der Waals surface area contributed by atoms with E-state index in [0.29, 0.717) is 24.5 Å². The first-order valence-corrected chi connectivity index (χ1v) is 10.4. The van der Waals surface area contributed by atoms with Crippen LogP contribution in [-0.2, 0) is 12.8 Å². The van der Waals surface area contributed by atoms with E-state index in [1.807, 2.05) is 49.4 Å². The summed E-state index contributed by atoms with van der Waals surface area (Å²) in [4.78, 5) is 12.7. The van der Waals surface area contributed by atoms with Crippen LogP contribution < -0.4 is 14.8 Å². The zero-order valence-electron chi connectivity index (χ0n) is 17.9. The molecule has 0 saturated carbocycles. The van der Waals surface area contributed by atoms with E-state index in [1.54, 1.807) is 12.1 Å². The van der Waals surface area contributed by atoms with Gasteiger partial charge in [0.05, 0.1) is 0 Å². The molecular weight excluding hydrogens is 374 g/mol. The number of rotatable bonds is 9. The SMILES string of the molecule is CCc1cccc(CC)c1NC(=O)c1ccc(OCCOc2ccc(C)cc2)cc1. The fourth-order valence-corrected chi connectivity index (χ4v) is 3.24. The second-order valence-electron chi connectivity index (χ2n) is 7.15. The number of ether oxygens (including phenoxy) is 2. The molecule has 0 aromatic heterocycles. The van der Waals surface area contributed by atoms with Gasteiger partial charge in [0.1, 0.15) is 24.7 Å². The summed E-state index contributed by atoms with van der Waals surface area (Å²) in [6.07, 6.45) is 1.75. The summed E-state index contributed by atoms with van der Waals surface area (Å²) in [5, 5.41) is 3.09. The predicted molar refractivity (Wildman–Crippen MR) is 122 cm³/mol. The number of aryl methyl sites for hydroxylation is 3. The number of hydrogen-bond acceptors (Lipinski definition) is 3. The Labute approximate surface area is 178 Å². The molecule has 0 radical (unpaired) electrons. The van der Waals surface area contributed by atoms with Crippen LogP contribution in [0.25, 0.3) is 0 Å². The normalized spacial score (nSPS) is 10.5. The number of hydrogen-bond donors (Lipinski definition) is 1. The Morgan fingerprint density at radius 2 is 1.27 bits per heavy atom. The number of para-hydroxylation sites is 1. The standard InChI is InChI=1S/C26H29NO3/c1-4-20-7-6-8-21(5-2)25(20)27-26(28)22-11-15-24(16-12-22)30-18-17-29-23-13-9-19(3)10-14-23/h6-16H,4-5,17-18H2,1-3H3,(H,27,28). The highest BCUT2D eigenvalue weighted by Crippen LogP contribution is 2.23. The van der Waals surface area contributed by atoms with Gasteiger partial charge in [0.25, 0.3) is 5.91 Å². The molecule has 3 aromatic carbocycles. The maximum absolute atomic E-state index is 12.7. The Morgan fingerprint density at radius 1 is 0.767 bits per heavy atom. The molecular formula is C26H29NO3. The highest BCUT2D eigenvalue weighted by atomic mass is 16.5. The van der Waals surface area contributed by atoms with Crippen molar-refractivity contribution < 1.29 is 14.3 Å². The Hall–Kier alpha value is -3.27. The molecule has 0 bridgehead atoms. The minimum Gasteiger partial charge on any atom is -0.490 e. The summed E-state index contributed by atoms with van der Waals surface area (Å²) in [6.45, 7) is 7.13. The number of benzene rings is 3. The summed E-state index contributed by atoms with van der Waals surface area (Å²) in [7, 11) is 0. The number of nitrogens with one attached hydrogen (secondary N) is 1. The van der Waals surface area contributed by atoms with Crippen molar-refractivity contribution in [2.24, 2.45) is 0 Å². The molecule has 0 fully saturated rings. The van der Waals surface area contributed by atoms with Crippen LogP contribution >= 0.6 is 0 Å². The number of carbonyl (C=O) groups excluding carboxylic acids is 1. The summed E-state index contributed by atoms with van der Waals surface area (Å²) in [6, 6.07) is 21.3. The molecule has 0 aliphatic carbocycles. The average Bonchev–Trinajstić information content (AvgIpc) is 2.78. The lowest BCUT2D eigenvalue weighted by Gasteiger charge is -2.14. The van der Waals surface area contributed by atoms with Gasteiger partial charge in [0.15, 0.2) is 0 Å². The summed E-state index contributed by atoms with van der Waals surface area (Å²) < 4.78 is 11.4. The van der Waals surface area contributed by atoms with E-state index in [1.165, 1.54) is 5.56 Å². The predicted octanol–water partition coefficient (Wildman–Crippen LogP) is 5.83. The lowest BCUT2D eigenvalue weighted by Crippen LogP contribution is -2.15. The summed E-state index contributed by atoms with van der Waals surface area (Å²) >= 11 is 0. The van der Waals surface area contributed by atoms with Crippen molar-refractivity contribution in [3.63, 3.8) is 0 Å². The van der Waals surface area contributed by atoms with Gasteiger partial charge in [-0.25, -0.2) is 0 Å². The van der Waals surface area contributed by atoms with Crippen molar-refractivity contribution in [1.82, 2.24) is 0 Å². The molecule has 4 nitrogen and oxygen atoms in total. The monoisotopic (exact) mass is 403 g/mol. The molecule has 3 rings (SSSR count). The van der Waals surface area contributed by atoms with Crippen molar-refractivity contribution in [3.05, 3.63) is 89.0 Å². The largest absolute Gasteiger partial charge is 0.490 e. The molecule has 1 amide bonds. The average molecular weight is 404 g/mol. The lowest BCUT2D eigenvalue weighted by molar-refractivity contribution is 0.102. The van der Waals surface area contributed by atoms with Crippen LogP contribution in [0.4, 0.5) is 5.69 Å². The zero-order chi connectivity index (χ0) is 21.3. The van der Waals surface area contributed by atoms with Gasteiger partial charge in [-0.2, -0.15) is 0 Å². The highest BCUT2D eigenvalue weighted by Gasteiger charge is 2.12. The van der Waals surface area contributed by atoms with Crippen LogP contribution in [0.15, 0.2) is 66.7 Å². The Kier molecular flexibility index (Phi) is 7.50. The molecule has 1 N–H and O–H groups in total. The van der Waals surface area contributed by atoms with Crippen molar-refractivity contribution in [3.8, 4) is 11.5 Å². The molecule has 0 saturated heterocycles. The van der Waals surface area contributed by atoms with E-state index in [9.17, 15) is 4.79 Å². The van der Waals surface area contributed by atoms with Gasteiger partial charge in [0.2, 0.25) is 0 Å². The van der Waals surface area contributed by atoms with Gasteiger partial charge in [-0.1, -0.05) is 49.7 Å². The Bertz CT molecular complexity index is 940. The van der Waals surface area contributed by atoms with Gasteiger partial charge < -0.3 is 14.8 Å². The minimum absolute atomic E-state index is 0.111. The number of amides is 1. The third-order valence-corrected chi connectivity index (χ3v) is 5.00. The molecule has 3 aromatic rings.